The van der Waals surface area contributed by atoms with Crippen LogP contribution in [0.5, 0.6) is 5.75 Å². The van der Waals surface area contributed by atoms with Crippen LogP contribution in [0, 0.1) is 0 Å². The maximum absolute atomic E-state index is 12.0. The minimum Gasteiger partial charge on any atom is -0.497 e. The van der Waals surface area contributed by atoms with Gasteiger partial charge in [-0.25, -0.2) is 9.97 Å². The summed E-state index contributed by atoms with van der Waals surface area (Å²) in [5.41, 5.74) is 4.18. The highest BCUT2D eigenvalue weighted by molar-refractivity contribution is 5.75. The van der Waals surface area contributed by atoms with E-state index in [-0.39, 0.29) is 12.0 Å². The van der Waals surface area contributed by atoms with Crippen molar-refractivity contribution in [3.63, 3.8) is 0 Å². The van der Waals surface area contributed by atoms with E-state index in [0.717, 1.165) is 55.3 Å². The molecule has 0 radical (unpaired) electrons. The Kier molecular flexibility index (Phi) is 8.28. The lowest BCUT2D eigenvalue weighted by molar-refractivity contribution is -0.149. The first-order valence-corrected chi connectivity index (χ1v) is 12.0. The fraction of sp³-hybridized carbons (Fsp3) is 0.370. The number of nitrogens with one attached hydrogen (secondary N) is 1. The van der Waals surface area contributed by atoms with Gasteiger partial charge in [0.15, 0.2) is 0 Å². The molecular formula is C27H33N5O3. The number of anilines is 2. The molecule has 0 aliphatic carbocycles. The van der Waals surface area contributed by atoms with E-state index in [2.05, 4.69) is 49.4 Å². The van der Waals surface area contributed by atoms with E-state index in [0.29, 0.717) is 12.6 Å². The lowest BCUT2D eigenvalue weighted by atomic mass is 10.1. The highest BCUT2D eigenvalue weighted by Gasteiger charge is 2.26. The summed E-state index contributed by atoms with van der Waals surface area (Å²) in [6.07, 6.45) is 3.63. The number of hydrogen-bond donors (Lipinski definition) is 1. The summed E-state index contributed by atoms with van der Waals surface area (Å²) in [4.78, 5) is 25.5. The van der Waals surface area contributed by atoms with Crippen LogP contribution in [0.4, 0.5) is 11.6 Å². The Morgan fingerprint density at radius 1 is 0.971 bits per heavy atom. The van der Waals surface area contributed by atoms with Gasteiger partial charge in [-0.05, 0) is 49.2 Å². The van der Waals surface area contributed by atoms with Crippen LogP contribution in [-0.2, 0) is 16.1 Å². The second kappa shape index (κ2) is 11.8. The molecule has 3 aromatic rings. The Hall–Kier alpha value is -3.49. The Labute approximate surface area is 206 Å². The van der Waals surface area contributed by atoms with Crippen molar-refractivity contribution in [3.8, 4) is 16.9 Å². The molecule has 1 aliphatic heterocycles. The number of benzene rings is 2. The summed E-state index contributed by atoms with van der Waals surface area (Å²) >= 11 is 0. The van der Waals surface area contributed by atoms with E-state index in [1.165, 1.54) is 5.56 Å². The minimum absolute atomic E-state index is 0.136. The van der Waals surface area contributed by atoms with Crippen molar-refractivity contribution < 1.29 is 14.3 Å². The largest absolute Gasteiger partial charge is 0.497 e. The summed E-state index contributed by atoms with van der Waals surface area (Å²) < 4.78 is 10.4. The van der Waals surface area contributed by atoms with E-state index in [1.807, 2.05) is 50.5 Å². The van der Waals surface area contributed by atoms with Crippen LogP contribution in [0.3, 0.4) is 0 Å². The van der Waals surface area contributed by atoms with Gasteiger partial charge in [0, 0.05) is 56.4 Å². The predicted octanol–water partition coefficient (Wildman–Crippen LogP) is 3.97. The summed E-state index contributed by atoms with van der Waals surface area (Å²) in [7, 11) is 1.65. The lowest BCUT2D eigenvalue weighted by Gasteiger charge is -2.37. The summed E-state index contributed by atoms with van der Waals surface area (Å²) in [6, 6.07) is 16.0. The van der Waals surface area contributed by atoms with Gasteiger partial charge in [0.1, 0.15) is 11.8 Å². The van der Waals surface area contributed by atoms with Crippen molar-refractivity contribution in [2.24, 2.45) is 0 Å². The second-order valence-corrected chi connectivity index (χ2v) is 8.59. The molecule has 1 unspecified atom stereocenters. The minimum atomic E-state index is -0.185. The molecule has 1 atom stereocenters. The molecule has 0 amide bonds. The number of carbonyl (C=O) groups is 1. The molecule has 35 heavy (non-hydrogen) atoms. The van der Waals surface area contributed by atoms with Crippen molar-refractivity contribution in [2.75, 3.05) is 45.2 Å². The molecule has 1 N–H and O–H groups in total. The average Bonchev–Trinajstić information content (AvgIpc) is 2.90. The van der Waals surface area contributed by atoms with Gasteiger partial charge in [0.2, 0.25) is 5.95 Å². The molecule has 8 heteroatoms. The summed E-state index contributed by atoms with van der Waals surface area (Å²) in [6.45, 7) is 8.67. The zero-order chi connectivity index (χ0) is 24.6. The van der Waals surface area contributed by atoms with Crippen molar-refractivity contribution in [3.05, 3.63) is 66.5 Å². The van der Waals surface area contributed by atoms with Gasteiger partial charge in [-0.3, -0.25) is 14.6 Å². The van der Waals surface area contributed by atoms with Gasteiger partial charge in [-0.2, -0.15) is 0 Å². The maximum atomic E-state index is 12.0. The number of aromatic nitrogens is 2. The topological polar surface area (TPSA) is 79.8 Å². The molecule has 1 aromatic heterocycles. The summed E-state index contributed by atoms with van der Waals surface area (Å²) in [5, 5.41) is 3.26. The first kappa shape index (κ1) is 24.6. The number of hydrogen-bond acceptors (Lipinski definition) is 8. The van der Waals surface area contributed by atoms with E-state index in [4.69, 9.17) is 9.47 Å². The Balaban J connectivity index is 1.26. The van der Waals surface area contributed by atoms with Crippen molar-refractivity contribution in [1.82, 2.24) is 19.8 Å². The molecule has 1 fully saturated rings. The predicted molar refractivity (Wildman–Crippen MR) is 137 cm³/mol. The zero-order valence-corrected chi connectivity index (χ0v) is 20.6. The Morgan fingerprint density at radius 3 is 2.23 bits per heavy atom. The van der Waals surface area contributed by atoms with Crippen LogP contribution in [0.2, 0.25) is 0 Å². The van der Waals surface area contributed by atoms with E-state index in [9.17, 15) is 4.79 Å². The van der Waals surface area contributed by atoms with Crippen LogP contribution >= 0.6 is 0 Å². The van der Waals surface area contributed by atoms with Crippen LogP contribution in [0.1, 0.15) is 19.4 Å². The average molecular weight is 476 g/mol. The monoisotopic (exact) mass is 475 g/mol. The zero-order valence-electron chi connectivity index (χ0n) is 20.6. The quantitative estimate of drug-likeness (QED) is 0.466. The smallest absolute Gasteiger partial charge is 0.323 e. The molecule has 0 saturated carbocycles. The van der Waals surface area contributed by atoms with Crippen LogP contribution in [-0.4, -0.2) is 71.7 Å². The molecule has 184 valence electrons. The lowest BCUT2D eigenvalue weighted by Crippen LogP contribution is -2.51. The Morgan fingerprint density at radius 2 is 1.63 bits per heavy atom. The van der Waals surface area contributed by atoms with E-state index < -0.39 is 0 Å². The SMILES string of the molecule is CCOC(=O)C(C)N1CCN(Cc2ccc(Nc3ncc(-c4ccc(OC)cc4)cn3)cc2)CC1. The number of nitrogens with zero attached hydrogens (tertiary/aromatic N) is 4. The molecule has 0 spiro atoms. The Bertz CT molecular complexity index is 1080. The molecule has 2 aromatic carbocycles. The fourth-order valence-electron chi connectivity index (χ4n) is 4.13. The van der Waals surface area contributed by atoms with Crippen LogP contribution in [0.15, 0.2) is 60.9 Å². The third-order valence-electron chi connectivity index (χ3n) is 6.27. The number of methoxy groups -OCH3 is 1. The molecular weight excluding hydrogens is 442 g/mol. The highest BCUT2D eigenvalue weighted by atomic mass is 16.5. The third-order valence-corrected chi connectivity index (χ3v) is 6.27. The number of esters is 1. The third kappa shape index (κ3) is 6.55. The van der Waals surface area contributed by atoms with E-state index >= 15 is 0 Å². The van der Waals surface area contributed by atoms with Gasteiger partial charge in [0.25, 0.3) is 0 Å². The number of rotatable bonds is 9. The van der Waals surface area contributed by atoms with Crippen molar-refractivity contribution in [1.29, 1.82) is 0 Å². The molecule has 1 saturated heterocycles. The molecule has 4 rings (SSSR count). The van der Waals surface area contributed by atoms with Gasteiger partial charge in [-0.1, -0.05) is 24.3 Å². The first-order valence-electron chi connectivity index (χ1n) is 12.0. The highest BCUT2D eigenvalue weighted by Crippen LogP contribution is 2.22. The molecule has 2 heterocycles. The standard InChI is InChI=1S/C27H33N5O3/c1-4-35-26(33)20(2)32-15-13-31(14-16-32)19-21-5-9-24(10-6-21)30-27-28-17-23(18-29-27)22-7-11-25(34-3)12-8-22/h5-12,17-18,20H,4,13-16,19H2,1-3H3,(H,28,29,30). The number of ether oxygens (including phenoxy) is 2. The van der Waals surface area contributed by atoms with Crippen LogP contribution < -0.4 is 10.1 Å². The van der Waals surface area contributed by atoms with Crippen LogP contribution in [0.25, 0.3) is 11.1 Å². The fourth-order valence-corrected chi connectivity index (χ4v) is 4.13. The normalized spacial score (nSPS) is 15.4. The second-order valence-electron chi connectivity index (χ2n) is 8.59. The van der Waals surface area contributed by atoms with Crippen molar-refractivity contribution in [2.45, 2.75) is 26.4 Å². The number of piperazine rings is 1. The van der Waals surface area contributed by atoms with Gasteiger partial charge in [-0.15, -0.1) is 0 Å². The molecule has 0 bridgehead atoms. The van der Waals surface area contributed by atoms with Gasteiger partial charge < -0.3 is 14.8 Å². The van der Waals surface area contributed by atoms with E-state index in [1.54, 1.807) is 7.11 Å². The number of carbonyl (C=O) groups excluding carboxylic acids is 1. The maximum Gasteiger partial charge on any atom is 0.323 e. The first-order chi connectivity index (χ1) is 17.1. The summed E-state index contributed by atoms with van der Waals surface area (Å²) in [5.74, 6) is 1.24. The molecule has 1 aliphatic rings. The van der Waals surface area contributed by atoms with Gasteiger partial charge in [0.05, 0.1) is 13.7 Å². The molecule has 8 nitrogen and oxygen atoms in total. The van der Waals surface area contributed by atoms with Crippen molar-refractivity contribution >= 4 is 17.6 Å². The van der Waals surface area contributed by atoms with Gasteiger partial charge >= 0.3 is 5.97 Å².